The van der Waals surface area contributed by atoms with E-state index in [9.17, 15) is 32.7 Å². The number of fused-ring (bicyclic) bond motifs is 1. The summed E-state index contributed by atoms with van der Waals surface area (Å²) < 4.78 is 45.7. The number of carbonyl (C=O) groups excluding carboxylic acids is 3. The minimum atomic E-state index is -4.41. The number of likely N-dealkylation sites (N-methyl/N-ethyl adjacent to an activating group) is 1. The summed E-state index contributed by atoms with van der Waals surface area (Å²) in [6.45, 7) is 4.66. The molecule has 1 heterocycles. The molecule has 0 fully saturated rings. The van der Waals surface area contributed by atoms with Crippen LogP contribution in [-0.4, -0.2) is 71.5 Å². The fraction of sp³-hybridized carbons (Fsp3) is 0.447. The quantitative estimate of drug-likeness (QED) is 0.117. The van der Waals surface area contributed by atoms with Crippen molar-refractivity contribution in [2.75, 3.05) is 43.1 Å². The van der Waals surface area contributed by atoms with Gasteiger partial charge in [0.1, 0.15) is 11.9 Å². The van der Waals surface area contributed by atoms with E-state index in [1.165, 1.54) is 12.1 Å². The van der Waals surface area contributed by atoms with Gasteiger partial charge in [-0.3, -0.25) is 19.3 Å². The number of nitrogens with zero attached hydrogens (tertiary/aromatic N) is 2. The first-order valence-corrected chi connectivity index (χ1v) is 17.2. The zero-order valence-corrected chi connectivity index (χ0v) is 29.3. The number of rotatable bonds is 14. The van der Waals surface area contributed by atoms with E-state index in [1.54, 1.807) is 54.3 Å². The lowest BCUT2D eigenvalue weighted by Crippen LogP contribution is -2.47. The largest absolute Gasteiger partial charge is 0.488 e. The fourth-order valence-electron chi connectivity index (χ4n) is 6.00. The predicted molar refractivity (Wildman–Crippen MR) is 191 cm³/mol. The maximum atomic E-state index is 13.5. The topological polar surface area (TPSA) is 137 Å². The number of hydrogen-bond donors (Lipinski definition) is 4. The lowest BCUT2D eigenvalue weighted by Gasteiger charge is -2.34. The summed E-state index contributed by atoms with van der Waals surface area (Å²) in [6, 6.07) is 16.9. The molecule has 3 amide bonds. The summed E-state index contributed by atoms with van der Waals surface area (Å²) in [7, 11) is 1.86. The van der Waals surface area contributed by atoms with Crippen LogP contribution in [0.1, 0.15) is 62.6 Å². The summed E-state index contributed by atoms with van der Waals surface area (Å²) in [5.74, 6) is -0.186. The molecule has 1 aliphatic heterocycles. The molecule has 276 valence electrons. The number of carbonyl (C=O) groups is 3. The zero-order chi connectivity index (χ0) is 37.1. The average Bonchev–Trinajstić information content (AvgIpc) is 3.12. The molecule has 1 aliphatic rings. The van der Waals surface area contributed by atoms with E-state index in [0.29, 0.717) is 79.3 Å². The van der Waals surface area contributed by atoms with Crippen LogP contribution in [-0.2, 0) is 33.5 Å². The van der Waals surface area contributed by atoms with Crippen molar-refractivity contribution in [1.82, 2.24) is 9.80 Å². The monoisotopic (exact) mass is 711 g/mol. The number of aliphatic hydroxyl groups excluding tert-OH is 1. The SMILES string of the molecule is C[C@@H]1CN([C@H](C)CO)C(=O)Cc2cc(NC(=O)CCCCCC(=O)Nc3ccccc3N)ccc2O[C@H]1CN(C)Cc1ccc(C(F)(F)F)cc1. The third-order valence-electron chi connectivity index (χ3n) is 8.97. The number of anilines is 3. The molecule has 3 aromatic rings. The van der Waals surface area contributed by atoms with E-state index in [2.05, 4.69) is 10.6 Å². The molecule has 0 radical (unpaired) electrons. The molecule has 0 aliphatic carbocycles. The Labute approximate surface area is 297 Å². The summed E-state index contributed by atoms with van der Waals surface area (Å²) >= 11 is 0. The van der Waals surface area contributed by atoms with Crippen LogP contribution in [0.15, 0.2) is 66.7 Å². The lowest BCUT2D eigenvalue weighted by molar-refractivity contribution is -0.137. The zero-order valence-electron chi connectivity index (χ0n) is 29.3. The van der Waals surface area contributed by atoms with Gasteiger partial charge in [-0.25, -0.2) is 0 Å². The number of aliphatic hydroxyl groups is 1. The first-order chi connectivity index (χ1) is 24.2. The highest BCUT2D eigenvalue weighted by Gasteiger charge is 2.32. The van der Waals surface area contributed by atoms with E-state index in [1.807, 2.05) is 18.9 Å². The van der Waals surface area contributed by atoms with Crippen molar-refractivity contribution in [3.05, 3.63) is 83.4 Å². The van der Waals surface area contributed by atoms with Crippen molar-refractivity contribution in [2.24, 2.45) is 5.92 Å². The molecular weight excluding hydrogens is 663 g/mol. The minimum Gasteiger partial charge on any atom is -0.488 e. The summed E-state index contributed by atoms with van der Waals surface area (Å²) in [5, 5.41) is 15.6. The van der Waals surface area contributed by atoms with Crippen LogP contribution in [0.25, 0.3) is 0 Å². The number of nitrogens with one attached hydrogen (secondary N) is 2. The molecule has 3 aromatic carbocycles. The fourth-order valence-corrected chi connectivity index (χ4v) is 6.00. The highest BCUT2D eigenvalue weighted by molar-refractivity contribution is 5.94. The molecule has 0 aromatic heterocycles. The molecule has 3 atom stereocenters. The van der Waals surface area contributed by atoms with Gasteiger partial charge < -0.3 is 31.1 Å². The third kappa shape index (κ3) is 11.7. The van der Waals surface area contributed by atoms with Gasteiger partial charge in [-0.15, -0.1) is 0 Å². The molecule has 0 spiro atoms. The summed E-state index contributed by atoms with van der Waals surface area (Å²) in [5.41, 5.74) is 8.06. The minimum absolute atomic E-state index is 0.000905. The Morgan fingerprint density at radius 3 is 2.33 bits per heavy atom. The Balaban J connectivity index is 1.37. The highest BCUT2D eigenvalue weighted by Crippen LogP contribution is 2.31. The Kier molecular flexibility index (Phi) is 13.9. The number of halogens is 3. The van der Waals surface area contributed by atoms with Gasteiger partial charge in [-0.1, -0.05) is 37.6 Å². The smallest absolute Gasteiger partial charge is 0.416 e. The summed E-state index contributed by atoms with van der Waals surface area (Å²) in [4.78, 5) is 42.2. The molecule has 10 nitrogen and oxygen atoms in total. The van der Waals surface area contributed by atoms with E-state index < -0.39 is 23.9 Å². The van der Waals surface area contributed by atoms with Crippen molar-refractivity contribution in [3.8, 4) is 5.75 Å². The molecular formula is C38H48F3N5O5. The van der Waals surface area contributed by atoms with Crippen LogP contribution in [0.4, 0.5) is 30.2 Å². The maximum absolute atomic E-state index is 13.5. The van der Waals surface area contributed by atoms with Crippen molar-refractivity contribution < 1.29 is 37.4 Å². The van der Waals surface area contributed by atoms with E-state index in [0.717, 1.165) is 12.1 Å². The van der Waals surface area contributed by atoms with Crippen LogP contribution in [0.2, 0.25) is 0 Å². The number of benzene rings is 3. The predicted octanol–water partition coefficient (Wildman–Crippen LogP) is 6.10. The molecule has 0 saturated heterocycles. The average molecular weight is 712 g/mol. The number of amides is 3. The Morgan fingerprint density at radius 2 is 1.69 bits per heavy atom. The van der Waals surface area contributed by atoms with Crippen molar-refractivity contribution in [1.29, 1.82) is 0 Å². The van der Waals surface area contributed by atoms with Crippen LogP contribution in [0, 0.1) is 5.92 Å². The number of ether oxygens (including phenoxy) is 1. The second-order valence-electron chi connectivity index (χ2n) is 13.3. The highest BCUT2D eigenvalue weighted by atomic mass is 19.4. The van der Waals surface area contributed by atoms with E-state index >= 15 is 0 Å². The molecule has 13 heteroatoms. The normalized spacial score (nSPS) is 17.1. The first kappa shape index (κ1) is 39.2. The van der Waals surface area contributed by atoms with Crippen molar-refractivity contribution in [3.63, 3.8) is 0 Å². The second-order valence-corrected chi connectivity index (χ2v) is 13.3. The molecule has 0 bridgehead atoms. The van der Waals surface area contributed by atoms with Gasteiger partial charge in [0.25, 0.3) is 0 Å². The molecule has 4 rings (SSSR count). The van der Waals surface area contributed by atoms with E-state index in [4.69, 9.17) is 10.5 Å². The maximum Gasteiger partial charge on any atom is 0.416 e. The number of unbranched alkanes of at least 4 members (excludes halogenated alkanes) is 2. The van der Waals surface area contributed by atoms with Crippen LogP contribution in [0.3, 0.4) is 0 Å². The summed E-state index contributed by atoms with van der Waals surface area (Å²) in [6.07, 6.45) is -2.35. The third-order valence-corrected chi connectivity index (χ3v) is 8.97. The number of nitrogens with two attached hydrogens (primary N) is 1. The Hall–Kier alpha value is -4.62. The Bertz CT molecular complexity index is 1630. The van der Waals surface area contributed by atoms with Gasteiger partial charge >= 0.3 is 6.18 Å². The van der Waals surface area contributed by atoms with Gasteiger partial charge in [-0.2, -0.15) is 13.2 Å². The van der Waals surface area contributed by atoms with Gasteiger partial charge in [0.15, 0.2) is 0 Å². The Morgan fingerprint density at radius 1 is 1.02 bits per heavy atom. The van der Waals surface area contributed by atoms with E-state index in [-0.39, 0.29) is 43.1 Å². The molecule has 0 saturated carbocycles. The molecule has 51 heavy (non-hydrogen) atoms. The van der Waals surface area contributed by atoms with Gasteiger partial charge in [0.05, 0.1) is 36.0 Å². The number of alkyl halides is 3. The van der Waals surface area contributed by atoms with Gasteiger partial charge in [0, 0.05) is 49.6 Å². The first-order valence-electron chi connectivity index (χ1n) is 17.2. The van der Waals surface area contributed by atoms with Crippen LogP contribution >= 0.6 is 0 Å². The number of para-hydroxylation sites is 2. The van der Waals surface area contributed by atoms with Crippen molar-refractivity contribution >= 4 is 34.8 Å². The molecule has 0 unspecified atom stereocenters. The van der Waals surface area contributed by atoms with Crippen LogP contribution in [0.5, 0.6) is 5.75 Å². The lowest BCUT2D eigenvalue weighted by atomic mass is 10.0. The number of hydrogen-bond acceptors (Lipinski definition) is 7. The van der Waals surface area contributed by atoms with Crippen molar-refractivity contribution in [2.45, 2.75) is 77.2 Å². The molecule has 5 N–H and O–H groups in total. The second kappa shape index (κ2) is 18.0. The van der Waals surface area contributed by atoms with Crippen LogP contribution < -0.4 is 21.1 Å². The van der Waals surface area contributed by atoms with Gasteiger partial charge in [0.2, 0.25) is 17.7 Å². The van der Waals surface area contributed by atoms with Gasteiger partial charge in [-0.05, 0) is 74.8 Å². The number of nitrogen functional groups attached to an aromatic ring is 1. The standard InChI is InChI=1S/C38H48F3N5O5/c1-25-21-46(26(2)24-47)37(50)20-28-19-30(43-35(48)11-5-4-6-12-36(49)44-32-10-8-7-9-31(32)42)17-18-33(28)51-34(25)23-45(3)22-27-13-15-29(16-14-27)38(39,40)41/h7-10,13-19,25-26,34,47H,4-6,11-12,20-24,42H2,1-3H3,(H,43,48)(H,44,49)/t25-,26-,34+/m1/s1.